The molecule has 1 fully saturated rings. The van der Waals surface area contributed by atoms with Crippen molar-refractivity contribution >= 4 is 22.8 Å². The van der Waals surface area contributed by atoms with E-state index in [9.17, 15) is 4.79 Å². The van der Waals surface area contributed by atoms with Crippen LogP contribution in [-0.2, 0) is 4.79 Å². The van der Waals surface area contributed by atoms with Gasteiger partial charge in [-0.1, -0.05) is 6.92 Å². The predicted octanol–water partition coefficient (Wildman–Crippen LogP) is 1.55. The van der Waals surface area contributed by atoms with Gasteiger partial charge in [0, 0.05) is 27.7 Å². The lowest BCUT2D eigenvalue weighted by Crippen LogP contribution is -2.53. The fourth-order valence-corrected chi connectivity index (χ4v) is 2.98. The number of hydrogen-bond acceptors (Lipinski definition) is 4. The Bertz CT molecular complexity index is 874. The fraction of sp³-hybridized carbons (Fsp3) is 0.500. The van der Waals surface area contributed by atoms with E-state index in [1.54, 1.807) is 13.1 Å². The first-order valence-corrected chi connectivity index (χ1v) is 7.36. The van der Waals surface area contributed by atoms with Gasteiger partial charge in [-0.05, 0) is 18.4 Å². The highest BCUT2D eigenvalue weighted by molar-refractivity contribution is 5.87. The standard InChI is InChI=1S/C16H20N6O/c1-11-5-7-22(14(23)8-17-2)9-13(11)21(3)16-12-4-6-18-15(12)19-10-20-16/h4,6,10-11,13H,5,7-9H2,1,3H3,(H,18,19,20)/t11-,13+/m1/s1/i8D2,11D. The number of H-pyrrole nitrogens is 1. The lowest BCUT2D eigenvalue weighted by molar-refractivity contribution is -0.130. The average Bonchev–Trinajstić information content (AvgIpc) is 3.09. The third kappa shape index (κ3) is 2.84. The lowest BCUT2D eigenvalue weighted by Gasteiger charge is -2.41. The number of fused-ring (bicyclic) bond motifs is 1. The summed E-state index contributed by atoms with van der Waals surface area (Å²) in [5, 5.41) is 0.811. The van der Waals surface area contributed by atoms with E-state index >= 15 is 0 Å². The summed E-state index contributed by atoms with van der Waals surface area (Å²) >= 11 is 0. The molecule has 3 heterocycles. The van der Waals surface area contributed by atoms with Gasteiger partial charge in [0.05, 0.1) is 11.4 Å². The summed E-state index contributed by atoms with van der Waals surface area (Å²) in [7, 11) is 1.81. The largest absolute Gasteiger partial charge is 0.354 e. The van der Waals surface area contributed by atoms with Crippen molar-refractivity contribution in [2.75, 3.05) is 31.5 Å². The smallest absolute Gasteiger partial charge is 0.302 e. The molecular weight excluding hydrogens is 292 g/mol. The molecule has 0 saturated carbocycles. The normalized spacial score (nSPS) is 26.9. The Morgan fingerprint density at radius 3 is 3.30 bits per heavy atom. The molecule has 23 heavy (non-hydrogen) atoms. The summed E-state index contributed by atoms with van der Waals surface area (Å²) in [6.07, 6.45) is 3.58. The van der Waals surface area contributed by atoms with Gasteiger partial charge in [-0.2, -0.15) is 0 Å². The minimum Gasteiger partial charge on any atom is -0.354 e. The van der Waals surface area contributed by atoms with Gasteiger partial charge in [0.1, 0.15) is 20.5 Å². The van der Waals surface area contributed by atoms with Crippen LogP contribution in [0.25, 0.3) is 15.9 Å². The lowest BCUT2D eigenvalue weighted by atomic mass is 9.92. The maximum atomic E-state index is 12.4. The number of likely N-dealkylation sites (tertiary alicyclic amines) is 1. The molecule has 2 atom stereocenters. The summed E-state index contributed by atoms with van der Waals surface area (Å²) in [6.45, 7) is 6.53. The van der Waals surface area contributed by atoms with Crippen molar-refractivity contribution in [3.05, 3.63) is 30.0 Å². The molecule has 0 bridgehead atoms. The van der Waals surface area contributed by atoms with Crippen LogP contribution in [0.2, 0.25) is 0 Å². The summed E-state index contributed by atoms with van der Waals surface area (Å²) in [6, 6.07) is 1.45. The molecule has 7 nitrogen and oxygen atoms in total. The average molecular weight is 315 g/mol. The second-order valence-electron chi connectivity index (χ2n) is 5.64. The molecule has 7 heteroatoms. The zero-order chi connectivity index (χ0) is 19.1. The van der Waals surface area contributed by atoms with Crippen LogP contribution in [0.3, 0.4) is 0 Å². The number of rotatable bonds is 3. The van der Waals surface area contributed by atoms with Gasteiger partial charge in [0.15, 0.2) is 0 Å². The molecule has 1 N–H and O–H groups in total. The Hall–Kier alpha value is -2.62. The van der Waals surface area contributed by atoms with Gasteiger partial charge in [-0.25, -0.2) is 16.5 Å². The van der Waals surface area contributed by atoms with Crippen molar-refractivity contribution in [3.8, 4) is 0 Å². The fourth-order valence-electron chi connectivity index (χ4n) is 2.98. The van der Waals surface area contributed by atoms with Gasteiger partial charge in [-0.3, -0.25) is 4.79 Å². The highest BCUT2D eigenvalue weighted by Gasteiger charge is 2.33. The van der Waals surface area contributed by atoms with E-state index in [2.05, 4.69) is 19.8 Å². The second kappa shape index (κ2) is 6.24. The minimum absolute atomic E-state index is 0.153. The summed E-state index contributed by atoms with van der Waals surface area (Å²) in [5.74, 6) is -1.07. The highest BCUT2D eigenvalue weighted by Crippen LogP contribution is 2.28. The van der Waals surface area contributed by atoms with Crippen molar-refractivity contribution in [1.82, 2.24) is 19.9 Å². The van der Waals surface area contributed by atoms with Gasteiger partial charge in [0.2, 0.25) is 0 Å². The number of carbonyl (C=O) groups excluding carboxylic acids is 1. The molecule has 0 spiro atoms. The monoisotopic (exact) mass is 315 g/mol. The highest BCUT2D eigenvalue weighted by atomic mass is 16.2. The number of hydrogen-bond donors (Lipinski definition) is 1. The zero-order valence-electron chi connectivity index (χ0n) is 16.1. The van der Waals surface area contributed by atoms with Gasteiger partial charge < -0.3 is 19.6 Å². The molecule has 0 aliphatic carbocycles. The number of amides is 1. The quantitative estimate of drug-likeness (QED) is 0.873. The Balaban J connectivity index is 1.92. The van der Waals surface area contributed by atoms with Gasteiger partial charge in [0.25, 0.3) is 6.50 Å². The zero-order valence-corrected chi connectivity index (χ0v) is 13.1. The first kappa shape index (κ1) is 11.9. The van der Waals surface area contributed by atoms with Crippen molar-refractivity contribution in [2.24, 2.45) is 5.89 Å². The number of carbonyl (C=O) groups is 1. The van der Waals surface area contributed by atoms with E-state index in [1.165, 1.54) is 11.2 Å². The topological polar surface area (TPSA) is 69.5 Å². The Morgan fingerprint density at radius 1 is 1.70 bits per heavy atom. The molecule has 0 unspecified atom stereocenters. The molecule has 2 aromatic heterocycles. The molecule has 0 radical (unpaired) electrons. The molecule has 2 aromatic rings. The summed E-state index contributed by atoms with van der Waals surface area (Å²) in [5.41, 5.74) is 0.682. The Kier molecular flexibility index (Phi) is 3.23. The van der Waals surface area contributed by atoms with Crippen molar-refractivity contribution in [1.29, 1.82) is 0 Å². The van der Waals surface area contributed by atoms with Gasteiger partial charge >= 0.3 is 5.91 Å². The third-order valence-corrected chi connectivity index (χ3v) is 4.31. The molecule has 1 amide bonds. The molecule has 1 aliphatic rings. The maximum Gasteiger partial charge on any atom is 0.302 e. The van der Waals surface area contributed by atoms with E-state index in [-0.39, 0.29) is 13.1 Å². The van der Waals surface area contributed by atoms with Gasteiger partial charge in [-0.15, -0.1) is 0 Å². The van der Waals surface area contributed by atoms with Crippen LogP contribution < -0.4 is 4.90 Å². The van der Waals surface area contributed by atoms with Crippen LogP contribution in [0.5, 0.6) is 0 Å². The molecule has 1 saturated heterocycles. The van der Waals surface area contributed by atoms with Crippen molar-refractivity contribution in [3.63, 3.8) is 0 Å². The van der Waals surface area contributed by atoms with E-state index in [0.717, 1.165) is 5.39 Å². The number of aromatic amines is 1. The number of nitrogens with zero attached hydrogens (tertiary/aromatic N) is 5. The van der Waals surface area contributed by atoms with Crippen LogP contribution in [-0.4, -0.2) is 58.4 Å². The summed E-state index contributed by atoms with van der Waals surface area (Å²) in [4.78, 5) is 29.9. The summed E-state index contributed by atoms with van der Waals surface area (Å²) < 4.78 is 23.8. The van der Waals surface area contributed by atoms with E-state index in [4.69, 9.17) is 10.7 Å². The van der Waals surface area contributed by atoms with Crippen LogP contribution in [0.4, 0.5) is 5.82 Å². The van der Waals surface area contributed by atoms with Crippen LogP contribution in [0, 0.1) is 12.5 Å². The molecule has 3 rings (SSSR count). The number of piperidine rings is 1. The number of anilines is 1. The molecule has 1 aliphatic heterocycles. The van der Waals surface area contributed by atoms with Crippen molar-refractivity contribution < 1.29 is 8.91 Å². The first-order chi connectivity index (χ1) is 12.2. The molecule has 0 aromatic carbocycles. The van der Waals surface area contributed by atoms with E-state index < -0.39 is 24.3 Å². The Labute approximate surface area is 139 Å². The predicted molar refractivity (Wildman–Crippen MR) is 87.9 cm³/mol. The van der Waals surface area contributed by atoms with Crippen LogP contribution in [0.15, 0.2) is 18.6 Å². The number of nitrogens with one attached hydrogen (secondary N) is 1. The molecule has 120 valence electrons. The van der Waals surface area contributed by atoms with Crippen LogP contribution in [0.1, 0.15) is 17.5 Å². The number of likely N-dealkylation sites (N-methyl/N-ethyl adjacent to an activating group) is 1. The van der Waals surface area contributed by atoms with Crippen LogP contribution >= 0.6 is 0 Å². The Morgan fingerprint density at radius 2 is 2.52 bits per heavy atom. The first-order valence-electron chi connectivity index (χ1n) is 8.86. The van der Waals surface area contributed by atoms with E-state index in [0.29, 0.717) is 17.9 Å². The van der Waals surface area contributed by atoms with Crippen molar-refractivity contribution in [2.45, 2.75) is 19.4 Å². The minimum atomic E-state index is -2.58. The number of aromatic nitrogens is 3. The SMILES string of the molecule is [2H]C([2H])([N+]#[C-])C(=O)N1CC[C@@]([2H])(C)[C@@H](N(C)c2ncnc3[nH]ccc23)C1. The van der Waals surface area contributed by atoms with E-state index in [1.807, 2.05) is 18.0 Å². The molecular formula is C16H20N6O. The third-order valence-electron chi connectivity index (χ3n) is 4.31. The maximum absolute atomic E-state index is 12.4. The second-order valence-corrected chi connectivity index (χ2v) is 5.64.